The second-order valence-corrected chi connectivity index (χ2v) is 10.1. The van der Waals surface area contributed by atoms with Gasteiger partial charge in [0.25, 0.3) is 0 Å². The third kappa shape index (κ3) is 3.34. The van der Waals surface area contributed by atoms with Gasteiger partial charge in [0, 0.05) is 22.1 Å². The third-order valence-corrected chi connectivity index (χ3v) is 7.98. The Kier molecular flexibility index (Phi) is 4.89. The van der Waals surface area contributed by atoms with Crippen molar-refractivity contribution in [3.05, 3.63) is 152 Å². The molecule has 0 unspecified atom stereocenters. The quantitative estimate of drug-likeness (QED) is 0.220. The zero-order valence-corrected chi connectivity index (χ0v) is 21.4. The van der Waals surface area contributed by atoms with E-state index < -0.39 is 0 Å². The normalized spacial score (nSPS) is 11.6. The molecule has 0 bridgehead atoms. The van der Waals surface area contributed by atoms with Crippen LogP contribution in [0.3, 0.4) is 0 Å². The molecule has 8 aromatic rings. The Morgan fingerprint density at radius 2 is 0.769 bits per heavy atom. The van der Waals surface area contributed by atoms with Gasteiger partial charge in [-0.1, -0.05) is 121 Å². The molecule has 0 aromatic heterocycles. The minimum atomic E-state index is 1.14. The molecule has 0 amide bonds. The Hall–Kier alpha value is -5.14. The average Bonchev–Trinajstić information content (AvgIpc) is 3.02. The highest BCUT2D eigenvalue weighted by Gasteiger charge is 2.20. The Bertz CT molecular complexity index is 2120. The summed E-state index contributed by atoms with van der Waals surface area (Å²) in [4.78, 5) is 2.40. The van der Waals surface area contributed by atoms with Crippen LogP contribution in [-0.2, 0) is 0 Å². The van der Waals surface area contributed by atoms with E-state index in [4.69, 9.17) is 0 Å². The summed E-state index contributed by atoms with van der Waals surface area (Å²) in [6, 6.07) is 55.0. The Morgan fingerprint density at radius 3 is 1.41 bits per heavy atom. The Balaban J connectivity index is 1.65. The van der Waals surface area contributed by atoms with Gasteiger partial charge in [-0.15, -0.1) is 0 Å². The number of nitrogens with zero attached hydrogens (tertiary/aromatic N) is 1. The van der Waals surface area contributed by atoms with Crippen molar-refractivity contribution in [2.45, 2.75) is 0 Å². The van der Waals surface area contributed by atoms with Gasteiger partial charge in [0.15, 0.2) is 0 Å². The minimum Gasteiger partial charge on any atom is -0.310 e. The molecule has 0 aliphatic rings. The summed E-state index contributed by atoms with van der Waals surface area (Å²) in [6.07, 6.45) is 0. The number of hydrogen-bond donors (Lipinski definition) is 0. The van der Waals surface area contributed by atoms with Crippen LogP contribution in [0.2, 0.25) is 0 Å². The number of para-hydroxylation sites is 2. The predicted molar refractivity (Wildman–Crippen MR) is 169 cm³/mol. The van der Waals surface area contributed by atoms with E-state index in [1.165, 1.54) is 59.5 Å². The van der Waals surface area contributed by atoms with Crippen LogP contribution in [0.1, 0.15) is 0 Å². The summed E-state index contributed by atoms with van der Waals surface area (Å²) in [5.74, 6) is 0. The van der Waals surface area contributed by atoms with Crippen LogP contribution < -0.4 is 4.90 Å². The number of anilines is 3. The molecule has 182 valence electrons. The van der Waals surface area contributed by atoms with E-state index in [2.05, 4.69) is 157 Å². The lowest BCUT2D eigenvalue weighted by molar-refractivity contribution is 1.30. The number of benzene rings is 8. The van der Waals surface area contributed by atoms with Gasteiger partial charge in [-0.3, -0.25) is 0 Å². The zero-order valence-electron chi connectivity index (χ0n) is 21.4. The van der Waals surface area contributed by atoms with Crippen LogP contribution in [0.25, 0.3) is 53.9 Å². The van der Waals surface area contributed by atoms with E-state index >= 15 is 0 Å². The van der Waals surface area contributed by atoms with Gasteiger partial charge in [0.05, 0.1) is 5.69 Å². The lowest BCUT2D eigenvalue weighted by Crippen LogP contribution is -2.10. The van der Waals surface area contributed by atoms with E-state index in [0.717, 1.165) is 11.4 Å². The Morgan fingerprint density at radius 1 is 0.308 bits per heavy atom. The maximum absolute atomic E-state index is 2.42. The van der Waals surface area contributed by atoms with E-state index in [1.807, 2.05) is 0 Å². The molecule has 0 saturated heterocycles. The first-order chi connectivity index (χ1) is 19.4. The van der Waals surface area contributed by atoms with Crippen LogP contribution in [-0.4, -0.2) is 0 Å². The lowest BCUT2D eigenvalue weighted by Gasteiger charge is -2.28. The molecule has 0 N–H and O–H groups in total. The molecule has 1 heteroatoms. The van der Waals surface area contributed by atoms with Crippen LogP contribution >= 0.6 is 0 Å². The van der Waals surface area contributed by atoms with Crippen LogP contribution in [0, 0.1) is 0 Å². The maximum atomic E-state index is 2.42. The van der Waals surface area contributed by atoms with E-state index in [-0.39, 0.29) is 0 Å². The standard InChI is InChI=1S/C38H25N/c1-3-14-27(15-4-1)39(28-16-5-2-6-17-28)36-25-35-32-21-10-9-19-30(32)31-20-11-12-22-33(31)38(35)37-29-18-8-7-13-26(29)23-24-34(36)37/h1-25H. The van der Waals surface area contributed by atoms with Gasteiger partial charge in [0.1, 0.15) is 0 Å². The molecule has 8 rings (SSSR count). The van der Waals surface area contributed by atoms with Crippen molar-refractivity contribution in [3.8, 4) is 0 Å². The van der Waals surface area contributed by atoms with Crippen molar-refractivity contribution in [3.63, 3.8) is 0 Å². The van der Waals surface area contributed by atoms with Crippen molar-refractivity contribution in [1.82, 2.24) is 0 Å². The van der Waals surface area contributed by atoms with Crippen molar-refractivity contribution in [2.24, 2.45) is 0 Å². The second-order valence-electron chi connectivity index (χ2n) is 10.1. The monoisotopic (exact) mass is 495 g/mol. The molecule has 0 aliphatic carbocycles. The smallest absolute Gasteiger partial charge is 0.0546 e. The summed E-state index contributed by atoms with van der Waals surface area (Å²) >= 11 is 0. The fraction of sp³-hybridized carbons (Fsp3) is 0. The first-order valence-electron chi connectivity index (χ1n) is 13.5. The largest absolute Gasteiger partial charge is 0.310 e. The molecule has 0 atom stereocenters. The Labute approximate surface area is 227 Å². The van der Waals surface area contributed by atoms with Crippen LogP contribution in [0.5, 0.6) is 0 Å². The van der Waals surface area contributed by atoms with Crippen molar-refractivity contribution in [1.29, 1.82) is 0 Å². The van der Waals surface area contributed by atoms with Crippen LogP contribution in [0.4, 0.5) is 17.1 Å². The molecule has 0 saturated carbocycles. The molecule has 1 nitrogen and oxygen atoms in total. The minimum absolute atomic E-state index is 1.14. The van der Waals surface area contributed by atoms with Gasteiger partial charge < -0.3 is 4.90 Å². The molecule has 0 spiro atoms. The van der Waals surface area contributed by atoms with Crippen LogP contribution in [0.15, 0.2) is 152 Å². The van der Waals surface area contributed by atoms with Gasteiger partial charge in [-0.05, 0) is 73.4 Å². The molecule has 39 heavy (non-hydrogen) atoms. The van der Waals surface area contributed by atoms with E-state index in [1.54, 1.807) is 0 Å². The summed E-state index contributed by atoms with van der Waals surface area (Å²) < 4.78 is 0. The van der Waals surface area contributed by atoms with Gasteiger partial charge in [-0.25, -0.2) is 0 Å². The number of hydrogen-bond acceptors (Lipinski definition) is 1. The van der Waals surface area contributed by atoms with Gasteiger partial charge in [0.2, 0.25) is 0 Å². The summed E-state index contributed by atoms with van der Waals surface area (Å²) in [5.41, 5.74) is 3.46. The van der Waals surface area contributed by atoms with E-state index in [0.29, 0.717) is 0 Å². The van der Waals surface area contributed by atoms with E-state index in [9.17, 15) is 0 Å². The molecule has 0 fully saturated rings. The highest BCUT2D eigenvalue weighted by Crippen LogP contribution is 2.47. The first-order valence-corrected chi connectivity index (χ1v) is 13.5. The maximum Gasteiger partial charge on any atom is 0.0546 e. The van der Waals surface area contributed by atoms with Crippen molar-refractivity contribution >= 4 is 70.9 Å². The number of fused-ring (bicyclic) bond motifs is 10. The molecule has 8 aromatic carbocycles. The second kappa shape index (κ2) is 8.72. The molecule has 0 heterocycles. The van der Waals surface area contributed by atoms with Crippen molar-refractivity contribution < 1.29 is 0 Å². The third-order valence-electron chi connectivity index (χ3n) is 7.98. The first kappa shape index (κ1) is 21.9. The van der Waals surface area contributed by atoms with Crippen molar-refractivity contribution in [2.75, 3.05) is 4.90 Å². The average molecular weight is 496 g/mol. The summed E-state index contributed by atoms with van der Waals surface area (Å²) in [5, 5.41) is 12.8. The summed E-state index contributed by atoms with van der Waals surface area (Å²) in [6.45, 7) is 0. The highest BCUT2D eigenvalue weighted by atomic mass is 15.1. The molecular formula is C38H25N. The zero-order chi connectivity index (χ0) is 25.8. The SMILES string of the molecule is c1ccc(N(c2ccccc2)c2cc3c4ccccc4c4ccccc4c3c3c2ccc2ccccc23)cc1. The molecule has 0 radical (unpaired) electrons. The topological polar surface area (TPSA) is 3.24 Å². The lowest BCUT2D eigenvalue weighted by atomic mass is 9.88. The molecular weight excluding hydrogens is 470 g/mol. The summed E-state index contributed by atoms with van der Waals surface area (Å²) in [7, 11) is 0. The fourth-order valence-corrected chi connectivity index (χ4v) is 6.32. The highest BCUT2D eigenvalue weighted by molar-refractivity contribution is 6.36. The van der Waals surface area contributed by atoms with Gasteiger partial charge >= 0.3 is 0 Å². The predicted octanol–water partition coefficient (Wildman–Crippen LogP) is 10.9. The van der Waals surface area contributed by atoms with Gasteiger partial charge in [-0.2, -0.15) is 0 Å². The molecule has 0 aliphatic heterocycles. The fourth-order valence-electron chi connectivity index (χ4n) is 6.32. The number of rotatable bonds is 3.